The molecule has 0 radical (unpaired) electrons. The van der Waals surface area contributed by atoms with Crippen LogP contribution in [0.5, 0.6) is 0 Å². The molecule has 1 aromatic heterocycles. The summed E-state index contributed by atoms with van der Waals surface area (Å²) in [6.45, 7) is 5.97. The molecular weight excluding hydrogens is 354 g/mol. The van der Waals surface area contributed by atoms with Crippen LogP contribution in [-0.4, -0.2) is 36.2 Å². The Morgan fingerprint density at radius 1 is 1.48 bits per heavy atom. The fraction of sp³-hybridized carbons (Fsp3) is 0.786. The lowest BCUT2D eigenvalue weighted by Crippen LogP contribution is -2.32. The molecule has 7 heteroatoms. The van der Waals surface area contributed by atoms with E-state index in [2.05, 4.69) is 40.2 Å². The van der Waals surface area contributed by atoms with Crippen LogP contribution in [-0.2, 0) is 16.4 Å². The Bertz CT molecular complexity index is 571. The van der Waals surface area contributed by atoms with Crippen LogP contribution in [0.1, 0.15) is 44.8 Å². The fourth-order valence-corrected chi connectivity index (χ4v) is 5.33. The van der Waals surface area contributed by atoms with Gasteiger partial charge < -0.3 is 5.32 Å². The zero-order valence-electron chi connectivity index (χ0n) is 12.7. The van der Waals surface area contributed by atoms with E-state index in [0.717, 1.165) is 42.5 Å². The number of hydrogen-bond acceptors (Lipinski definition) is 4. The van der Waals surface area contributed by atoms with Gasteiger partial charge in [0.2, 0.25) is 0 Å². The molecule has 2 rings (SSSR count). The minimum absolute atomic E-state index is 0.0469. The molecule has 1 aliphatic rings. The Kier molecular flexibility index (Phi) is 5.85. The van der Waals surface area contributed by atoms with Crippen molar-refractivity contribution < 1.29 is 8.42 Å². The van der Waals surface area contributed by atoms with Crippen LogP contribution in [0.2, 0.25) is 0 Å². The van der Waals surface area contributed by atoms with Gasteiger partial charge in [0.15, 0.2) is 9.84 Å². The van der Waals surface area contributed by atoms with Crippen molar-refractivity contribution in [1.82, 2.24) is 15.1 Å². The highest BCUT2D eigenvalue weighted by molar-refractivity contribution is 9.10. The van der Waals surface area contributed by atoms with Crippen LogP contribution in [0.3, 0.4) is 0 Å². The van der Waals surface area contributed by atoms with Crippen LogP contribution in [0.25, 0.3) is 0 Å². The van der Waals surface area contributed by atoms with Crippen molar-refractivity contribution in [1.29, 1.82) is 0 Å². The maximum atomic E-state index is 11.8. The number of aryl methyl sites for hydroxylation is 1. The standard InChI is InChI=1S/C14H24BrN3O2S/c1-3-6-16-13(11-5-8-21(19,20)10-11)14-12(15)9-17-18(14)7-4-2/h9,11,13,16H,3-8,10H2,1-2H3. The van der Waals surface area contributed by atoms with Gasteiger partial charge in [-0.05, 0) is 47.7 Å². The van der Waals surface area contributed by atoms with Crippen LogP contribution < -0.4 is 5.32 Å². The quantitative estimate of drug-likeness (QED) is 0.792. The summed E-state index contributed by atoms with van der Waals surface area (Å²) in [5.41, 5.74) is 1.09. The second-order valence-corrected chi connectivity index (χ2v) is 8.78. The molecule has 2 heterocycles. The van der Waals surface area contributed by atoms with Gasteiger partial charge in [-0.1, -0.05) is 13.8 Å². The molecule has 1 fully saturated rings. The maximum Gasteiger partial charge on any atom is 0.150 e. The predicted molar refractivity (Wildman–Crippen MR) is 88.0 cm³/mol. The van der Waals surface area contributed by atoms with Crippen molar-refractivity contribution in [2.75, 3.05) is 18.1 Å². The average Bonchev–Trinajstić information content (AvgIpc) is 2.96. The first-order chi connectivity index (χ1) is 9.98. The number of aromatic nitrogens is 2. The lowest BCUT2D eigenvalue weighted by atomic mass is 9.96. The van der Waals surface area contributed by atoms with E-state index in [1.54, 1.807) is 0 Å². The highest BCUT2D eigenvalue weighted by Gasteiger charge is 2.36. The van der Waals surface area contributed by atoms with E-state index in [-0.39, 0.29) is 17.7 Å². The average molecular weight is 378 g/mol. The smallest absolute Gasteiger partial charge is 0.150 e. The zero-order valence-corrected chi connectivity index (χ0v) is 15.1. The van der Waals surface area contributed by atoms with E-state index in [4.69, 9.17) is 0 Å². The van der Waals surface area contributed by atoms with Gasteiger partial charge in [-0.15, -0.1) is 0 Å². The molecule has 2 atom stereocenters. The van der Waals surface area contributed by atoms with Gasteiger partial charge in [0.1, 0.15) is 0 Å². The molecule has 1 aliphatic heterocycles. The highest BCUT2D eigenvalue weighted by Crippen LogP contribution is 2.35. The number of nitrogens with one attached hydrogen (secondary N) is 1. The Morgan fingerprint density at radius 3 is 2.81 bits per heavy atom. The Labute approximate surface area is 135 Å². The predicted octanol–water partition coefficient (Wildman–Crippen LogP) is 2.53. The van der Waals surface area contributed by atoms with Crippen molar-refractivity contribution in [2.45, 2.75) is 45.7 Å². The third-order valence-electron chi connectivity index (χ3n) is 3.92. The molecule has 21 heavy (non-hydrogen) atoms. The number of halogens is 1. The first kappa shape index (κ1) is 17.0. The Hall–Kier alpha value is -0.400. The third-order valence-corrected chi connectivity index (χ3v) is 6.32. The molecule has 1 saturated heterocycles. The monoisotopic (exact) mass is 377 g/mol. The van der Waals surface area contributed by atoms with Crippen LogP contribution in [0, 0.1) is 5.92 Å². The number of rotatable bonds is 7. The summed E-state index contributed by atoms with van der Waals surface area (Å²) in [6.07, 6.45) is 4.57. The van der Waals surface area contributed by atoms with E-state index in [0.29, 0.717) is 5.75 Å². The molecule has 0 aliphatic carbocycles. The Balaban J connectivity index is 2.30. The number of nitrogens with zero attached hydrogens (tertiary/aromatic N) is 2. The largest absolute Gasteiger partial charge is 0.308 e. The van der Waals surface area contributed by atoms with Crippen LogP contribution in [0.15, 0.2) is 10.7 Å². The summed E-state index contributed by atoms with van der Waals surface area (Å²) in [7, 11) is -2.88. The van der Waals surface area contributed by atoms with Crippen molar-refractivity contribution in [3.63, 3.8) is 0 Å². The molecule has 2 unspecified atom stereocenters. The first-order valence-electron chi connectivity index (χ1n) is 7.63. The van der Waals surface area contributed by atoms with Gasteiger partial charge >= 0.3 is 0 Å². The van der Waals surface area contributed by atoms with Crippen LogP contribution in [0.4, 0.5) is 0 Å². The van der Waals surface area contributed by atoms with Crippen molar-refractivity contribution >= 4 is 25.8 Å². The molecule has 1 N–H and O–H groups in total. The molecule has 0 aromatic carbocycles. The van der Waals surface area contributed by atoms with Crippen molar-refractivity contribution in [3.8, 4) is 0 Å². The normalized spacial score (nSPS) is 22.5. The van der Waals surface area contributed by atoms with Gasteiger partial charge in [-0.3, -0.25) is 4.68 Å². The van der Waals surface area contributed by atoms with Gasteiger partial charge in [-0.25, -0.2) is 8.42 Å². The third kappa shape index (κ3) is 4.07. The molecule has 5 nitrogen and oxygen atoms in total. The topological polar surface area (TPSA) is 64.0 Å². The molecule has 120 valence electrons. The molecule has 0 saturated carbocycles. The maximum absolute atomic E-state index is 11.8. The van der Waals surface area contributed by atoms with Gasteiger partial charge in [0.25, 0.3) is 0 Å². The fourth-order valence-electron chi connectivity index (χ4n) is 2.94. The lowest BCUT2D eigenvalue weighted by molar-refractivity contribution is 0.364. The van der Waals surface area contributed by atoms with Gasteiger partial charge in [0, 0.05) is 6.54 Å². The summed E-state index contributed by atoms with van der Waals surface area (Å²) >= 11 is 3.58. The second-order valence-electron chi connectivity index (χ2n) is 5.70. The summed E-state index contributed by atoms with van der Waals surface area (Å²) in [5.74, 6) is 0.713. The summed E-state index contributed by atoms with van der Waals surface area (Å²) < 4.78 is 26.6. The molecule has 0 amide bonds. The van der Waals surface area contributed by atoms with Crippen molar-refractivity contribution in [3.05, 3.63) is 16.4 Å². The van der Waals surface area contributed by atoms with E-state index in [1.807, 2.05) is 10.9 Å². The molecule has 0 spiro atoms. The number of sulfone groups is 1. The lowest BCUT2D eigenvalue weighted by Gasteiger charge is -2.25. The van der Waals surface area contributed by atoms with E-state index < -0.39 is 9.84 Å². The van der Waals surface area contributed by atoms with E-state index in [9.17, 15) is 8.42 Å². The zero-order chi connectivity index (χ0) is 15.5. The SMILES string of the molecule is CCCNC(c1c(Br)cnn1CCC)C1CCS(=O)(=O)C1. The van der Waals surface area contributed by atoms with Gasteiger partial charge in [0.05, 0.1) is 33.9 Å². The van der Waals surface area contributed by atoms with Crippen molar-refractivity contribution in [2.24, 2.45) is 5.92 Å². The summed E-state index contributed by atoms with van der Waals surface area (Å²) in [6, 6.07) is 0.0469. The minimum atomic E-state index is -2.88. The molecule has 0 bridgehead atoms. The summed E-state index contributed by atoms with van der Waals surface area (Å²) in [5, 5.41) is 7.96. The van der Waals surface area contributed by atoms with E-state index in [1.165, 1.54) is 0 Å². The van der Waals surface area contributed by atoms with Gasteiger partial charge in [-0.2, -0.15) is 5.10 Å². The Morgan fingerprint density at radius 2 is 2.24 bits per heavy atom. The van der Waals surface area contributed by atoms with Crippen LogP contribution >= 0.6 is 15.9 Å². The second kappa shape index (κ2) is 7.24. The minimum Gasteiger partial charge on any atom is -0.308 e. The molecule has 1 aromatic rings. The highest BCUT2D eigenvalue weighted by atomic mass is 79.9. The summed E-state index contributed by atoms with van der Waals surface area (Å²) in [4.78, 5) is 0. The van der Waals surface area contributed by atoms with E-state index >= 15 is 0 Å². The molecular formula is C14H24BrN3O2S. The first-order valence-corrected chi connectivity index (χ1v) is 10.2. The number of hydrogen-bond donors (Lipinski definition) is 1.